The average molecular weight is 295 g/mol. The van der Waals surface area contributed by atoms with Gasteiger partial charge in [-0.25, -0.2) is 9.38 Å². The van der Waals surface area contributed by atoms with Crippen LogP contribution >= 0.6 is 0 Å². The highest BCUT2D eigenvalue weighted by molar-refractivity contribution is 6.13. The molecule has 1 aliphatic carbocycles. The average Bonchev–Trinajstić information content (AvgIpc) is 2.94. The van der Waals surface area contributed by atoms with Crippen LogP contribution in [0.2, 0.25) is 0 Å². The molecule has 1 aromatic heterocycles. The Morgan fingerprint density at radius 3 is 2.73 bits per heavy atom. The Labute approximate surface area is 126 Å². The summed E-state index contributed by atoms with van der Waals surface area (Å²) in [5.74, 6) is -0.0707. The first-order valence-electron chi connectivity index (χ1n) is 6.89. The van der Waals surface area contributed by atoms with Crippen molar-refractivity contribution >= 4 is 23.1 Å². The molecule has 0 bridgehead atoms. The molecule has 1 atom stereocenters. The summed E-state index contributed by atoms with van der Waals surface area (Å²) >= 11 is 0. The van der Waals surface area contributed by atoms with Crippen molar-refractivity contribution < 1.29 is 4.39 Å². The molecule has 0 radical (unpaired) electrons. The van der Waals surface area contributed by atoms with Crippen molar-refractivity contribution in [2.75, 3.05) is 0 Å². The summed E-state index contributed by atoms with van der Waals surface area (Å²) in [5.41, 5.74) is 8.72. The summed E-state index contributed by atoms with van der Waals surface area (Å²) in [6.45, 7) is 3.90. The van der Waals surface area contributed by atoms with E-state index in [0.29, 0.717) is 29.1 Å². The Hall–Kier alpha value is -2.89. The summed E-state index contributed by atoms with van der Waals surface area (Å²) in [6.07, 6.45) is 2.25. The number of fused-ring (bicyclic) bond motifs is 1. The van der Waals surface area contributed by atoms with E-state index in [1.165, 1.54) is 6.07 Å². The fourth-order valence-electron chi connectivity index (χ4n) is 3.14. The van der Waals surface area contributed by atoms with Crippen LogP contribution in [0.3, 0.4) is 0 Å². The Balaban J connectivity index is 1.95. The lowest BCUT2D eigenvalue weighted by molar-refractivity contribution is 0.600. The fourth-order valence-corrected chi connectivity index (χ4v) is 3.14. The molecule has 1 aromatic carbocycles. The third-order valence-corrected chi connectivity index (χ3v) is 4.29. The molecule has 0 spiro atoms. The van der Waals surface area contributed by atoms with Gasteiger partial charge in [-0.3, -0.25) is 0 Å². The van der Waals surface area contributed by atoms with Crippen LogP contribution in [-0.4, -0.2) is 16.7 Å². The Morgan fingerprint density at radius 2 is 2.05 bits per heavy atom. The van der Waals surface area contributed by atoms with E-state index < -0.39 is 5.41 Å². The van der Waals surface area contributed by atoms with Gasteiger partial charge >= 0.3 is 0 Å². The highest BCUT2D eigenvalue weighted by atomic mass is 19.1. The van der Waals surface area contributed by atoms with Gasteiger partial charge in [-0.05, 0) is 6.07 Å². The Kier molecular flexibility index (Phi) is 2.37. The summed E-state index contributed by atoms with van der Waals surface area (Å²) in [7, 11) is 0. The molecule has 2 heterocycles. The lowest BCUT2D eigenvalue weighted by atomic mass is 9.87. The zero-order valence-electron chi connectivity index (χ0n) is 11.7. The number of aliphatic imine (C=N–C) groups is 1. The van der Waals surface area contributed by atoms with E-state index in [0.717, 1.165) is 11.3 Å². The maximum absolute atomic E-state index is 14.3. The maximum atomic E-state index is 14.3. The van der Waals surface area contributed by atoms with Crippen LogP contribution in [0, 0.1) is 11.2 Å². The van der Waals surface area contributed by atoms with E-state index >= 15 is 0 Å². The molecular weight excluding hydrogens is 281 g/mol. The number of hydrogen-bond donors (Lipinski definition) is 4. The van der Waals surface area contributed by atoms with E-state index in [1.807, 2.05) is 0 Å². The number of aromatic amines is 1. The highest BCUT2D eigenvalue weighted by Gasteiger charge is 2.56. The molecule has 2 aromatic rings. The molecule has 1 fully saturated rings. The first-order chi connectivity index (χ1) is 10.5. The summed E-state index contributed by atoms with van der Waals surface area (Å²) in [4.78, 5) is 7.43. The topological polar surface area (TPSA) is 90.0 Å². The second-order valence-corrected chi connectivity index (χ2v) is 5.57. The van der Waals surface area contributed by atoms with Crippen LogP contribution in [0.5, 0.6) is 0 Å². The number of H-pyrrole nitrogens is 1. The number of hydrogen-bond acceptors (Lipinski definition) is 4. The minimum absolute atomic E-state index is 0.245. The third kappa shape index (κ3) is 1.52. The lowest BCUT2D eigenvalue weighted by Crippen LogP contribution is -2.32. The van der Waals surface area contributed by atoms with Gasteiger partial charge in [0.15, 0.2) is 5.96 Å². The van der Waals surface area contributed by atoms with Crippen molar-refractivity contribution in [2.24, 2.45) is 10.7 Å². The van der Waals surface area contributed by atoms with Crippen molar-refractivity contribution in [2.45, 2.75) is 11.8 Å². The number of guanidine groups is 1. The molecule has 5 nitrogen and oxygen atoms in total. The van der Waals surface area contributed by atoms with Gasteiger partial charge in [-0.1, -0.05) is 24.8 Å². The minimum Gasteiger partial charge on any atom is -0.369 e. The van der Waals surface area contributed by atoms with Gasteiger partial charge in [0.25, 0.3) is 0 Å². The third-order valence-electron chi connectivity index (χ3n) is 4.29. The molecule has 1 aliphatic heterocycles. The number of rotatable bonds is 2. The molecule has 110 valence electrons. The van der Waals surface area contributed by atoms with Gasteiger partial charge in [0.1, 0.15) is 5.82 Å². The Morgan fingerprint density at radius 1 is 1.32 bits per heavy atom. The van der Waals surface area contributed by atoms with Crippen LogP contribution in [-0.2, 0) is 5.41 Å². The number of benzene rings is 1. The first kappa shape index (κ1) is 12.8. The fraction of sp³-hybridized carbons (Fsp3) is 0.125. The van der Waals surface area contributed by atoms with Crippen LogP contribution in [0.25, 0.3) is 5.70 Å². The monoisotopic (exact) mass is 295 g/mol. The molecule has 6 heteroatoms. The zero-order chi connectivity index (χ0) is 15.5. The molecule has 0 amide bonds. The van der Waals surface area contributed by atoms with Crippen molar-refractivity contribution in [1.29, 1.82) is 5.41 Å². The smallest absolute Gasteiger partial charge is 0.198 e. The zero-order valence-corrected chi connectivity index (χ0v) is 11.7. The molecule has 0 unspecified atom stereocenters. The van der Waals surface area contributed by atoms with E-state index in [2.05, 4.69) is 21.9 Å². The maximum Gasteiger partial charge on any atom is 0.198 e. The predicted molar refractivity (Wildman–Crippen MR) is 83.8 cm³/mol. The van der Waals surface area contributed by atoms with Gasteiger partial charge < -0.3 is 21.4 Å². The normalized spacial score (nSPS) is 22.9. The van der Waals surface area contributed by atoms with Crippen molar-refractivity contribution in [3.05, 3.63) is 59.7 Å². The summed E-state index contributed by atoms with van der Waals surface area (Å²) in [6, 6.07) is 6.56. The van der Waals surface area contributed by atoms with Crippen molar-refractivity contribution in [1.82, 2.24) is 10.3 Å². The number of aromatic nitrogens is 1. The largest absolute Gasteiger partial charge is 0.369 e. The molecule has 22 heavy (non-hydrogen) atoms. The van der Waals surface area contributed by atoms with Gasteiger partial charge in [-0.15, -0.1) is 0 Å². The van der Waals surface area contributed by atoms with E-state index in [-0.39, 0.29) is 11.8 Å². The van der Waals surface area contributed by atoms with Gasteiger partial charge in [-0.2, -0.15) is 0 Å². The molecule has 4 rings (SSSR count). The van der Waals surface area contributed by atoms with Gasteiger partial charge in [0.05, 0.1) is 22.5 Å². The van der Waals surface area contributed by atoms with E-state index in [1.54, 1.807) is 24.4 Å². The number of halogens is 1. The van der Waals surface area contributed by atoms with Gasteiger partial charge in [0.2, 0.25) is 0 Å². The van der Waals surface area contributed by atoms with Crippen molar-refractivity contribution in [3.8, 4) is 0 Å². The van der Waals surface area contributed by atoms with E-state index in [4.69, 9.17) is 11.1 Å². The van der Waals surface area contributed by atoms with Crippen LogP contribution in [0.15, 0.2) is 42.0 Å². The number of nitrogens with one attached hydrogen (secondary N) is 3. The predicted octanol–water partition coefficient (Wildman–Crippen LogP) is 2.38. The highest BCUT2D eigenvalue weighted by Crippen LogP contribution is 2.55. The Bertz CT molecular complexity index is 863. The number of nitrogens with zero attached hydrogens (tertiary/aromatic N) is 1. The first-order valence-corrected chi connectivity index (χ1v) is 6.89. The van der Waals surface area contributed by atoms with Crippen molar-refractivity contribution in [3.63, 3.8) is 0 Å². The standard InChI is InChI=1S/C16H14FN5/c1-8-13-14(22-15(19)21-8)10(7-20-13)16(6-12(16)18)9-4-2-3-5-11(9)17/h2-5,7,18,20H,1,6H2,(H3,19,21,22)/t16-/m1/s1. The summed E-state index contributed by atoms with van der Waals surface area (Å²) in [5, 5.41) is 11.0. The quantitative estimate of drug-likeness (QED) is 0.685. The lowest BCUT2D eigenvalue weighted by Gasteiger charge is -2.19. The molecular formula is C16H14FN5. The van der Waals surface area contributed by atoms with Gasteiger partial charge in [0, 0.05) is 29.5 Å². The number of nitrogens with two attached hydrogens (primary N) is 1. The minimum atomic E-state index is -0.753. The van der Waals surface area contributed by atoms with Crippen LogP contribution < -0.4 is 11.1 Å². The second-order valence-electron chi connectivity index (χ2n) is 5.57. The SMILES string of the molecule is C=C1NC(N)=Nc2c([C@]3(c4ccccc4F)CC3=N)c[nH]c21. The molecule has 5 N–H and O–H groups in total. The second kappa shape index (κ2) is 4.07. The van der Waals surface area contributed by atoms with Crippen LogP contribution in [0.4, 0.5) is 10.1 Å². The molecule has 0 saturated heterocycles. The molecule has 2 aliphatic rings. The summed E-state index contributed by atoms with van der Waals surface area (Å²) < 4.78 is 14.3. The van der Waals surface area contributed by atoms with Crippen LogP contribution in [0.1, 0.15) is 23.2 Å². The van der Waals surface area contributed by atoms with E-state index in [9.17, 15) is 4.39 Å². The molecule has 1 saturated carbocycles.